The zero-order valence-corrected chi connectivity index (χ0v) is 15.4. The van der Waals surface area contributed by atoms with Crippen LogP contribution in [0.2, 0.25) is 0 Å². The number of halogens is 1. The van der Waals surface area contributed by atoms with Crippen LogP contribution in [0.25, 0.3) is 22.5 Å². The number of benzene rings is 1. The quantitative estimate of drug-likeness (QED) is 0.727. The molecule has 2 aromatic heterocycles. The van der Waals surface area contributed by atoms with Crippen LogP contribution in [0, 0.1) is 17.1 Å². The molecule has 3 N–H and O–H groups in total. The van der Waals surface area contributed by atoms with Crippen molar-refractivity contribution in [3.63, 3.8) is 0 Å². The average molecular weight is 378 g/mol. The molecule has 28 heavy (non-hydrogen) atoms. The number of rotatable bonds is 3. The van der Waals surface area contributed by atoms with Gasteiger partial charge in [-0.2, -0.15) is 10.4 Å². The van der Waals surface area contributed by atoms with Crippen molar-refractivity contribution in [3.05, 3.63) is 47.4 Å². The summed E-state index contributed by atoms with van der Waals surface area (Å²) in [6, 6.07) is 10.4. The lowest BCUT2D eigenvalue weighted by Gasteiger charge is -2.09. The lowest BCUT2D eigenvalue weighted by Crippen LogP contribution is -2.11. The summed E-state index contributed by atoms with van der Waals surface area (Å²) >= 11 is 0. The van der Waals surface area contributed by atoms with Crippen LogP contribution < -0.4 is 15.8 Å². The zero-order chi connectivity index (χ0) is 19.7. The molecule has 8 heteroatoms. The molecule has 0 atom stereocenters. The molecular formula is C20H19FN6O. The van der Waals surface area contributed by atoms with Crippen molar-refractivity contribution in [2.45, 2.75) is 19.5 Å². The molecule has 0 fully saturated rings. The minimum absolute atomic E-state index is 0.0903. The van der Waals surface area contributed by atoms with Gasteiger partial charge < -0.3 is 15.8 Å². The summed E-state index contributed by atoms with van der Waals surface area (Å²) < 4.78 is 21.0. The summed E-state index contributed by atoms with van der Waals surface area (Å²) in [7, 11) is 1.41. The van der Waals surface area contributed by atoms with Gasteiger partial charge in [0.25, 0.3) is 0 Å². The van der Waals surface area contributed by atoms with Gasteiger partial charge in [0, 0.05) is 24.2 Å². The molecule has 3 aromatic rings. The molecule has 3 heterocycles. The first-order chi connectivity index (χ1) is 13.6. The van der Waals surface area contributed by atoms with Gasteiger partial charge in [-0.25, -0.2) is 9.37 Å². The Kier molecular flexibility index (Phi) is 4.67. The topological polar surface area (TPSA) is 102 Å². The summed E-state index contributed by atoms with van der Waals surface area (Å²) in [6.45, 7) is 2.46. The van der Waals surface area contributed by atoms with Crippen LogP contribution in [0.15, 0.2) is 30.3 Å². The van der Waals surface area contributed by atoms with E-state index in [1.165, 1.54) is 19.2 Å². The average Bonchev–Trinajstić information content (AvgIpc) is 2.97. The van der Waals surface area contributed by atoms with Crippen molar-refractivity contribution >= 4 is 5.82 Å². The lowest BCUT2D eigenvalue weighted by atomic mass is 10.0. The summed E-state index contributed by atoms with van der Waals surface area (Å²) in [4.78, 5) is 4.29. The molecule has 0 bridgehead atoms. The van der Waals surface area contributed by atoms with Gasteiger partial charge in [0.1, 0.15) is 17.5 Å². The van der Waals surface area contributed by atoms with Crippen LogP contribution in [0.1, 0.15) is 17.7 Å². The highest BCUT2D eigenvalue weighted by atomic mass is 19.1. The first-order valence-corrected chi connectivity index (χ1v) is 8.93. The smallest absolute Gasteiger partial charge is 0.165 e. The lowest BCUT2D eigenvalue weighted by molar-refractivity contribution is 0.386. The Hall–Kier alpha value is -3.44. The van der Waals surface area contributed by atoms with Gasteiger partial charge in [0.2, 0.25) is 0 Å². The first-order valence-electron chi connectivity index (χ1n) is 8.93. The molecule has 1 aliphatic rings. The summed E-state index contributed by atoms with van der Waals surface area (Å²) in [5.41, 5.74) is 9.60. The standard InChI is InChI=1S/C20H19FN6O/c1-28-19-4-3-12(7-16(19)21)17-9-14(15(10-22)20(23)25-17)18-8-13-11-24-5-2-6-27(13)26-18/h3-4,7-9,24H,2,5-6,11H2,1H3,(H2,23,25). The third-order valence-corrected chi connectivity index (χ3v) is 4.78. The van der Waals surface area contributed by atoms with E-state index in [4.69, 9.17) is 10.5 Å². The van der Waals surface area contributed by atoms with Crippen molar-refractivity contribution in [2.75, 3.05) is 19.4 Å². The molecule has 142 valence electrons. The van der Waals surface area contributed by atoms with E-state index in [1.807, 2.05) is 10.7 Å². The van der Waals surface area contributed by atoms with Gasteiger partial charge in [0.05, 0.1) is 24.2 Å². The SMILES string of the molecule is COc1ccc(-c2cc(-c3cc4n(n3)CCCNC4)c(C#N)c(N)n2)cc1F. The highest BCUT2D eigenvalue weighted by Gasteiger charge is 2.19. The molecule has 0 saturated heterocycles. The summed E-state index contributed by atoms with van der Waals surface area (Å²) in [6.07, 6.45) is 0.980. The third kappa shape index (κ3) is 3.17. The second-order valence-electron chi connectivity index (χ2n) is 6.55. The number of ether oxygens (including phenoxy) is 1. The Morgan fingerprint density at radius 1 is 1.29 bits per heavy atom. The van der Waals surface area contributed by atoms with Gasteiger partial charge in [-0.3, -0.25) is 4.68 Å². The Morgan fingerprint density at radius 3 is 2.89 bits per heavy atom. The number of aryl methyl sites for hydroxylation is 1. The van der Waals surface area contributed by atoms with Gasteiger partial charge >= 0.3 is 0 Å². The maximum Gasteiger partial charge on any atom is 0.165 e. The second-order valence-corrected chi connectivity index (χ2v) is 6.55. The van der Waals surface area contributed by atoms with Crippen molar-refractivity contribution < 1.29 is 9.13 Å². The van der Waals surface area contributed by atoms with Crippen molar-refractivity contribution in [1.82, 2.24) is 20.1 Å². The number of nitrogens with one attached hydrogen (secondary N) is 1. The van der Waals surface area contributed by atoms with Crippen LogP contribution in [-0.4, -0.2) is 28.4 Å². The van der Waals surface area contributed by atoms with E-state index < -0.39 is 5.82 Å². The Balaban J connectivity index is 1.84. The summed E-state index contributed by atoms with van der Waals surface area (Å²) in [5, 5.41) is 17.6. The van der Waals surface area contributed by atoms with E-state index in [1.54, 1.807) is 12.1 Å². The van der Waals surface area contributed by atoms with Crippen LogP contribution >= 0.6 is 0 Å². The number of aromatic nitrogens is 3. The van der Waals surface area contributed by atoms with Crippen LogP contribution in [-0.2, 0) is 13.1 Å². The first kappa shape index (κ1) is 17.9. The second kappa shape index (κ2) is 7.29. The number of nitrogens with zero attached hydrogens (tertiary/aromatic N) is 4. The highest BCUT2D eigenvalue weighted by molar-refractivity contribution is 5.78. The van der Waals surface area contributed by atoms with E-state index in [-0.39, 0.29) is 17.1 Å². The predicted octanol–water partition coefficient (Wildman–Crippen LogP) is 2.71. The van der Waals surface area contributed by atoms with E-state index in [0.717, 1.165) is 25.2 Å². The molecule has 4 rings (SSSR count). The van der Waals surface area contributed by atoms with E-state index in [0.29, 0.717) is 29.1 Å². The van der Waals surface area contributed by atoms with Crippen LogP contribution in [0.4, 0.5) is 10.2 Å². The number of fused-ring (bicyclic) bond motifs is 1. The fourth-order valence-electron chi connectivity index (χ4n) is 3.35. The largest absolute Gasteiger partial charge is 0.494 e. The van der Waals surface area contributed by atoms with E-state index in [9.17, 15) is 9.65 Å². The monoisotopic (exact) mass is 378 g/mol. The number of hydrogen-bond acceptors (Lipinski definition) is 6. The fraction of sp³-hybridized carbons (Fsp3) is 0.250. The number of pyridine rings is 1. The molecule has 0 aliphatic carbocycles. The third-order valence-electron chi connectivity index (χ3n) is 4.78. The van der Waals surface area contributed by atoms with Crippen molar-refractivity contribution in [3.8, 4) is 34.3 Å². The van der Waals surface area contributed by atoms with Gasteiger partial charge in [0.15, 0.2) is 11.6 Å². The number of hydrogen-bond donors (Lipinski definition) is 2. The van der Waals surface area contributed by atoms with Crippen molar-refractivity contribution in [2.24, 2.45) is 0 Å². The summed E-state index contributed by atoms with van der Waals surface area (Å²) in [5.74, 6) is -0.255. The van der Waals surface area contributed by atoms with Gasteiger partial charge in [-0.1, -0.05) is 0 Å². The molecule has 0 amide bonds. The molecule has 0 spiro atoms. The molecule has 0 unspecified atom stereocenters. The predicted molar refractivity (Wildman–Crippen MR) is 103 cm³/mol. The van der Waals surface area contributed by atoms with Crippen LogP contribution in [0.3, 0.4) is 0 Å². The molecule has 1 aromatic carbocycles. The number of nitriles is 1. The number of nitrogen functional groups attached to an aromatic ring is 1. The van der Waals surface area contributed by atoms with Gasteiger partial charge in [-0.05, 0) is 43.3 Å². The van der Waals surface area contributed by atoms with Crippen LogP contribution in [0.5, 0.6) is 5.75 Å². The van der Waals surface area contributed by atoms with Gasteiger partial charge in [-0.15, -0.1) is 0 Å². The molecule has 7 nitrogen and oxygen atoms in total. The number of methoxy groups -OCH3 is 1. The molecule has 0 radical (unpaired) electrons. The normalized spacial score (nSPS) is 13.5. The Morgan fingerprint density at radius 2 is 2.14 bits per heavy atom. The van der Waals surface area contributed by atoms with E-state index >= 15 is 0 Å². The maximum atomic E-state index is 14.1. The molecule has 0 saturated carbocycles. The maximum absolute atomic E-state index is 14.1. The molecular weight excluding hydrogens is 359 g/mol. The number of nitrogens with two attached hydrogens (primary N) is 1. The van der Waals surface area contributed by atoms with Crippen molar-refractivity contribution in [1.29, 1.82) is 5.26 Å². The highest BCUT2D eigenvalue weighted by Crippen LogP contribution is 2.32. The zero-order valence-electron chi connectivity index (χ0n) is 15.4. The Bertz CT molecular complexity index is 1060. The number of anilines is 1. The Labute approximate surface area is 161 Å². The fourth-order valence-corrected chi connectivity index (χ4v) is 3.35. The minimum Gasteiger partial charge on any atom is -0.494 e. The molecule has 1 aliphatic heterocycles. The minimum atomic E-state index is -0.494. The van der Waals surface area contributed by atoms with E-state index in [2.05, 4.69) is 21.5 Å².